The van der Waals surface area contributed by atoms with E-state index in [1.165, 1.54) is 0 Å². The number of benzene rings is 1. The summed E-state index contributed by atoms with van der Waals surface area (Å²) >= 11 is 0. The molecule has 3 heteroatoms. The Balaban J connectivity index is 2.18. The van der Waals surface area contributed by atoms with E-state index in [2.05, 4.69) is 4.98 Å². The Morgan fingerprint density at radius 1 is 1.33 bits per heavy atom. The van der Waals surface area contributed by atoms with E-state index in [4.69, 9.17) is 5.73 Å². The van der Waals surface area contributed by atoms with Gasteiger partial charge in [-0.1, -0.05) is 6.07 Å². The van der Waals surface area contributed by atoms with Gasteiger partial charge in [-0.05, 0) is 44.5 Å². The molecule has 0 aliphatic carbocycles. The Hall–Kier alpha value is -1.74. The lowest BCUT2D eigenvalue weighted by Gasteiger charge is -2.17. The van der Waals surface area contributed by atoms with Crippen LogP contribution in [0.4, 0.5) is 0 Å². The second-order valence-corrected chi connectivity index (χ2v) is 5.32. The van der Waals surface area contributed by atoms with Crippen molar-refractivity contribution in [2.24, 2.45) is 5.73 Å². The highest BCUT2D eigenvalue weighted by atomic mass is 16.1. The number of aromatic nitrogens is 1. The zero-order valence-electron chi connectivity index (χ0n) is 10.8. The minimum atomic E-state index is -0.298. The SMILES string of the molecule is CC(C)(N)CCC(=O)c1ccc2ncccc2c1. The standard InChI is InChI=1S/C15H18N2O/c1-15(2,16)8-7-14(18)12-5-6-13-11(10-12)4-3-9-17-13/h3-6,9-10H,7-8,16H2,1-2H3. The molecule has 18 heavy (non-hydrogen) atoms. The number of fused-ring (bicyclic) bond motifs is 1. The number of rotatable bonds is 4. The van der Waals surface area contributed by atoms with Crippen molar-refractivity contribution in [3.63, 3.8) is 0 Å². The fourth-order valence-electron chi connectivity index (χ4n) is 1.83. The third-order valence-corrected chi connectivity index (χ3v) is 2.92. The molecule has 2 rings (SSSR count). The van der Waals surface area contributed by atoms with Gasteiger partial charge in [0.2, 0.25) is 0 Å². The molecule has 0 fully saturated rings. The molecule has 0 bridgehead atoms. The summed E-state index contributed by atoms with van der Waals surface area (Å²) in [4.78, 5) is 16.3. The van der Waals surface area contributed by atoms with Crippen LogP contribution < -0.4 is 5.73 Å². The lowest BCUT2D eigenvalue weighted by atomic mass is 9.95. The Morgan fingerprint density at radius 3 is 2.83 bits per heavy atom. The van der Waals surface area contributed by atoms with Crippen LogP contribution in [0.3, 0.4) is 0 Å². The fourth-order valence-corrected chi connectivity index (χ4v) is 1.83. The molecule has 0 radical (unpaired) electrons. The number of hydrogen-bond acceptors (Lipinski definition) is 3. The van der Waals surface area contributed by atoms with E-state index in [0.29, 0.717) is 12.8 Å². The number of Topliss-reactive ketones (excluding diaryl/α,β-unsaturated/α-hetero) is 1. The van der Waals surface area contributed by atoms with Crippen LogP contribution in [0.25, 0.3) is 10.9 Å². The largest absolute Gasteiger partial charge is 0.326 e. The Kier molecular flexibility index (Phi) is 3.43. The van der Waals surface area contributed by atoms with E-state index in [9.17, 15) is 4.79 Å². The van der Waals surface area contributed by atoms with Crippen LogP contribution in [0.2, 0.25) is 0 Å². The molecule has 2 aromatic rings. The van der Waals surface area contributed by atoms with E-state index in [-0.39, 0.29) is 11.3 Å². The van der Waals surface area contributed by atoms with E-state index < -0.39 is 0 Å². The van der Waals surface area contributed by atoms with Gasteiger partial charge in [-0.15, -0.1) is 0 Å². The van der Waals surface area contributed by atoms with Crippen molar-refractivity contribution in [2.75, 3.05) is 0 Å². The van der Waals surface area contributed by atoms with Gasteiger partial charge in [-0.2, -0.15) is 0 Å². The predicted molar refractivity (Wildman–Crippen MR) is 73.6 cm³/mol. The number of carbonyl (C=O) groups is 1. The number of pyridine rings is 1. The number of nitrogens with zero attached hydrogens (tertiary/aromatic N) is 1. The van der Waals surface area contributed by atoms with Gasteiger partial charge in [0.15, 0.2) is 5.78 Å². The molecule has 0 aliphatic rings. The zero-order chi connectivity index (χ0) is 13.2. The van der Waals surface area contributed by atoms with E-state index in [0.717, 1.165) is 16.5 Å². The topological polar surface area (TPSA) is 56.0 Å². The van der Waals surface area contributed by atoms with Crippen LogP contribution >= 0.6 is 0 Å². The first-order valence-electron chi connectivity index (χ1n) is 6.13. The third-order valence-electron chi connectivity index (χ3n) is 2.92. The van der Waals surface area contributed by atoms with Gasteiger partial charge in [-0.25, -0.2) is 0 Å². The van der Waals surface area contributed by atoms with Crippen molar-refractivity contribution >= 4 is 16.7 Å². The first-order chi connectivity index (χ1) is 8.46. The third kappa shape index (κ3) is 3.14. The lowest BCUT2D eigenvalue weighted by Crippen LogP contribution is -2.32. The molecule has 1 aromatic carbocycles. The first-order valence-corrected chi connectivity index (χ1v) is 6.13. The van der Waals surface area contributed by atoms with Crippen LogP contribution in [0.15, 0.2) is 36.5 Å². The highest BCUT2D eigenvalue weighted by Crippen LogP contribution is 2.16. The molecule has 0 saturated heterocycles. The normalized spacial score (nSPS) is 11.7. The maximum atomic E-state index is 12.1. The Labute approximate surface area is 107 Å². The summed E-state index contributed by atoms with van der Waals surface area (Å²) in [6, 6.07) is 9.46. The summed E-state index contributed by atoms with van der Waals surface area (Å²) in [5.41, 5.74) is 7.24. The van der Waals surface area contributed by atoms with E-state index in [1.807, 2.05) is 44.2 Å². The maximum Gasteiger partial charge on any atom is 0.162 e. The first kappa shape index (κ1) is 12.7. The maximum absolute atomic E-state index is 12.1. The molecule has 3 nitrogen and oxygen atoms in total. The molecule has 1 heterocycles. The number of carbonyl (C=O) groups excluding carboxylic acids is 1. The van der Waals surface area contributed by atoms with Crippen molar-refractivity contribution < 1.29 is 4.79 Å². The van der Waals surface area contributed by atoms with Gasteiger partial charge < -0.3 is 5.73 Å². The highest BCUT2D eigenvalue weighted by Gasteiger charge is 2.14. The van der Waals surface area contributed by atoms with Gasteiger partial charge in [-0.3, -0.25) is 9.78 Å². The Bertz CT molecular complexity index is 570. The fraction of sp³-hybridized carbons (Fsp3) is 0.333. The second kappa shape index (κ2) is 4.86. The smallest absolute Gasteiger partial charge is 0.162 e. The molecular weight excluding hydrogens is 224 g/mol. The molecule has 0 saturated carbocycles. The second-order valence-electron chi connectivity index (χ2n) is 5.32. The summed E-state index contributed by atoms with van der Waals surface area (Å²) in [6.07, 6.45) is 2.92. The molecule has 0 aliphatic heterocycles. The molecule has 0 amide bonds. The lowest BCUT2D eigenvalue weighted by molar-refractivity contribution is 0.0972. The average Bonchev–Trinajstić information content (AvgIpc) is 2.34. The molecule has 2 N–H and O–H groups in total. The number of ketones is 1. The Morgan fingerprint density at radius 2 is 2.11 bits per heavy atom. The molecule has 0 atom stereocenters. The van der Waals surface area contributed by atoms with Crippen molar-refractivity contribution in [3.05, 3.63) is 42.1 Å². The van der Waals surface area contributed by atoms with Gasteiger partial charge in [0.1, 0.15) is 0 Å². The van der Waals surface area contributed by atoms with E-state index >= 15 is 0 Å². The van der Waals surface area contributed by atoms with Crippen LogP contribution in [-0.2, 0) is 0 Å². The molecular formula is C15H18N2O. The van der Waals surface area contributed by atoms with Gasteiger partial charge in [0, 0.05) is 29.1 Å². The molecule has 94 valence electrons. The van der Waals surface area contributed by atoms with Gasteiger partial charge in [0.05, 0.1) is 5.52 Å². The van der Waals surface area contributed by atoms with Gasteiger partial charge in [0.25, 0.3) is 0 Å². The molecule has 0 unspecified atom stereocenters. The average molecular weight is 242 g/mol. The van der Waals surface area contributed by atoms with Crippen LogP contribution in [0.5, 0.6) is 0 Å². The highest BCUT2D eigenvalue weighted by molar-refractivity contribution is 5.99. The molecule has 1 aromatic heterocycles. The van der Waals surface area contributed by atoms with Crippen LogP contribution in [0.1, 0.15) is 37.0 Å². The minimum Gasteiger partial charge on any atom is -0.326 e. The summed E-state index contributed by atoms with van der Waals surface area (Å²) in [6.45, 7) is 3.87. The van der Waals surface area contributed by atoms with Crippen molar-refractivity contribution in [1.82, 2.24) is 4.98 Å². The van der Waals surface area contributed by atoms with Crippen LogP contribution in [0, 0.1) is 0 Å². The quantitative estimate of drug-likeness (QED) is 0.839. The number of hydrogen-bond donors (Lipinski definition) is 1. The van der Waals surface area contributed by atoms with Crippen molar-refractivity contribution in [1.29, 1.82) is 0 Å². The number of nitrogens with two attached hydrogens (primary N) is 1. The summed E-state index contributed by atoms with van der Waals surface area (Å²) < 4.78 is 0. The minimum absolute atomic E-state index is 0.138. The zero-order valence-corrected chi connectivity index (χ0v) is 10.8. The van der Waals surface area contributed by atoms with Crippen molar-refractivity contribution in [2.45, 2.75) is 32.2 Å². The predicted octanol–water partition coefficient (Wildman–Crippen LogP) is 2.94. The summed E-state index contributed by atoms with van der Waals surface area (Å²) in [5.74, 6) is 0.138. The van der Waals surface area contributed by atoms with E-state index in [1.54, 1.807) is 6.20 Å². The monoisotopic (exact) mass is 242 g/mol. The van der Waals surface area contributed by atoms with Crippen molar-refractivity contribution in [3.8, 4) is 0 Å². The van der Waals surface area contributed by atoms with Crippen LogP contribution in [-0.4, -0.2) is 16.3 Å². The summed E-state index contributed by atoms with van der Waals surface area (Å²) in [5, 5.41) is 0.996. The molecule has 0 spiro atoms. The summed E-state index contributed by atoms with van der Waals surface area (Å²) in [7, 11) is 0. The van der Waals surface area contributed by atoms with Gasteiger partial charge >= 0.3 is 0 Å².